The molecule has 22 heavy (non-hydrogen) atoms. The number of anilines is 1. The number of aryl methyl sites for hydroxylation is 1. The van der Waals surface area contributed by atoms with Crippen LogP contribution < -0.4 is 4.90 Å². The lowest BCUT2D eigenvalue weighted by Gasteiger charge is -2.15. The fraction of sp³-hybridized carbons (Fsp3) is 0.118. The lowest BCUT2D eigenvalue weighted by Crippen LogP contribution is -2.23. The molecule has 112 valence electrons. The molecule has 2 rings (SSSR count). The first-order valence-electron chi connectivity index (χ1n) is 6.75. The highest BCUT2D eigenvalue weighted by Crippen LogP contribution is 2.20. The van der Waals surface area contributed by atoms with Crippen molar-refractivity contribution in [3.63, 3.8) is 0 Å². The summed E-state index contributed by atoms with van der Waals surface area (Å²) in [6.45, 7) is 1.95. The van der Waals surface area contributed by atoms with E-state index in [4.69, 9.17) is 0 Å². The highest BCUT2D eigenvalue weighted by Gasteiger charge is 2.11. The molecule has 0 heterocycles. The molecule has 5 nitrogen and oxygen atoms in total. The minimum absolute atomic E-state index is 0.0234. The number of nitro groups is 1. The maximum atomic E-state index is 12.2. The van der Waals surface area contributed by atoms with E-state index in [1.807, 2.05) is 31.2 Å². The Balaban J connectivity index is 2.20. The Bertz CT molecular complexity index is 738. The predicted octanol–water partition coefficient (Wildman–Crippen LogP) is 3.58. The van der Waals surface area contributed by atoms with Crippen molar-refractivity contribution in [3.8, 4) is 0 Å². The van der Waals surface area contributed by atoms with Crippen LogP contribution >= 0.6 is 0 Å². The van der Waals surface area contributed by atoms with Crippen LogP contribution in [-0.4, -0.2) is 17.9 Å². The number of hydrogen-bond donors (Lipinski definition) is 0. The van der Waals surface area contributed by atoms with Gasteiger partial charge >= 0.3 is 0 Å². The quantitative estimate of drug-likeness (QED) is 0.492. The van der Waals surface area contributed by atoms with Crippen LogP contribution in [0.25, 0.3) is 6.08 Å². The maximum absolute atomic E-state index is 12.2. The summed E-state index contributed by atoms with van der Waals surface area (Å²) in [7, 11) is 1.67. The standard InChI is InChI=1S/C17H16N2O3/c1-13-6-5-8-15(12-13)18(2)17(20)11-10-14-7-3-4-9-16(14)19(21)22/h3-12H,1-2H3. The van der Waals surface area contributed by atoms with Crippen LogP contribution in [0.3, 0.4) is 0 Å². The van der Waals surface area contributed by atoms with Gasteiger partial charge in [-0.05, 0) is 36.8 Å². The minimum Gasteiger partial charge on any atom is -0.312 e. The number of carbonyl (C=O) groups is 1. The molecular weight excluding hydrogens is 280 g/mol. The second-order valence-electron chi connectivity index (χ2n) is 4.89. The molecule has 2 aromatic rings. The molecule has 0 saturated heterocycles. The van der Waals surface area contributed by atoms with Gasteiger partial charge < -0.3 is 4.90 Å². The van der Waals surface area contributed by atoms with Crippen LogP contribution in [0.2, 0.25) is 0 Å². The van der Waals surface area contributed by atoms with Gasteiger partial charge in [0.15, 0.2) is 0 Å². The minimum atomic E-state index is -0.464. The fourth-order valence-corrected chi connectivity index (χ4v) is 2.03. The molecule has 0 unspecified atom stereocenters. The van der Waals surface area contributed by atoms with Crippen LogP contribution in [0, 0.1) is 17.0 Å². The molecule has 0 fully saturated rings. The molecule has 0 radical (unpaired) electrons. The third-order valence-corrected chi connectivity index (χ3v) is 3.26. The Morgan fingerprint density at radius 3 is 2.59 bits per heavy atom. The summed E-state index contributed by atoms with van der Waals surface area (Å²) >= 11 is 0. The first-order chi connectivity index (χ1) is 10.5. The zero-order valence-corrected chi connectivity index (χ0v) is 12.4. The Hall–Kier alpha value is -2.95. The molecule has 5 heteroatoms. The van der Waals surface area contributed by atoms with E-state index in [0.717, 1.165) is 11.3 Å². The van der Waals surface area contributed by atoms with E-state index in [0.29, 0.717) is 5.56 Å². The number of nitro benzene ring substituents is 1. The summed E-state index contributed by atoms with van der Waals surface area (Å²) in [5.74, 6) is -0.247. The molecule has 0 aliphatic heterocycles. The van der Waals surface area contributed by atoms with Gasteiger partial charge in [-0.2, -0.15) is 0 Å². The average Bonchev–Trinajstić information content (AvgIpc) is 2.52. The highest BCUT2D eigenvalue weighted by atomic mass is 16.6. The van der Waals surface area contributed by atoms with Crippen molar-refractivity contribution < 1.29 is 9.72 Å². The van der Waals surface area contributed by atoms with E-state index in [1.165, 1.54) is 23.1 Å². The van der Waals surface area contributed by atoms with Crippen molar-refractivity contribution in [3.05, 3.63) is 75.8 Å². The van der Waals surface area contributed by atoms with Gasteiger partial charge in [0.25, 0.3) is 11.6 Å². The van der Waals surface area contributed by atoms with Crippen molar-refractivity contribution in [1.82, 2.24) is 0 Å². The summed E-state index contributed by atoms with van der Waals surface area (Å²) in [4.78, 5) is 24.1. The fourth-order valence-electron chi connectivity index (χ4n) is 2.03. The topological polar surface area (TPSA) is 63.5 Å². The maximum Gasteiger partial charge on any atom is 0.276 e. The summed E-state index contributed by atoms with van der Waals surface area (Å²) in [5, 5.41) is 10.9. The Kier molecular flexibility index (Phi) is 4.68. The zero-order valence-electron chi connectivity index (χ0n) is 12.4. The van der Waals surface area contributed by atoms with E-state index in [1.54, 1.807) is 25.2 Å². The van der Waals surface area contributed by atoms with Crippen LogP contribution in [0.4, 0.5) is 11.4 Å². The molecular formula is C17H16N2O3. The Morgan fingerprint density at radius 2 is 1.91 bits per heavy atom. The third-order valence-electron chi connectivity index (χ3n) is 3.26. The van der Waals surface area contributed by atoms with Gasteiger partial charge in [-0.3, -0.25) is 14.9 Å². The van der Waals surface area contributed by atoms with Crippen molar-refractivity contribution in [2.45, 2.75) is 6.92 Å². The normalized spacial score (nSPS) is 10.6. The van der Waals surface area contributed by atoms with Gasteiger partial charge in [-0.15, -0.1) is 0 Å². The van der Waals surface area contributed by atoms with Gasteiger partial charge in [0.1, 0.15) is 0 Å². The van der Waals surface area contributed by atoms with E-state index < -0.39 is 4.92 Å². The number of para-hydroxylation sites is 1. The second kappa shape index (κ2) is 6.67. The number of hydrogen-bond acceptors (Lipinski definition) is 3. The highest BCUT2D eigenvalue weighted by molar-refractivity contribution is 6.03. The molecule has 0 saturated carbocycles. The van der Waals surface area contributed by atoms with Gasteiger partial charge in [0.2, 0.25) is 0 Å². The van der Waals surface area contributed by atoms with E-state index in [9.17, 15) is 14.9 Å². The number of carbonyl (C=O) groups excluding carboxylic acids is 1. The Morgan fingerprint density at radius 1 is 1.18 bits per heavy atom. The summed E-state index contributed by atoms with van der Waals surface area (Å²) in [5.41, 5.74) is 2.21. The number of rotatable bonds is 4. The molecule has 1 amide bonds. The molecule has 0 aliphatic rings. The first-order valence-corrected chi connectivity index (χ1v) is 6.75. The van der Waals surface area contributed by atoms with E-state index >= 15 is 0 Å². The van der Waals surface area contributed by atoms with E-state index in [-0.39, 0.29) is 11.6 Å². The lowest BCUT2D eigenvalue weighted by molar-refractivity contribution is -0.385. The third kappa shape index (κ3) is 3.58. The van der Waals surface area contributed by atoms with E-state index in [2.05, 4.69) is 0 Å². The molecule has 0 N–H and O–H groups in total. The number of amides is 1. The van der Waals surface area contributed by atoms with Gasteiger partial charge in [-0.25, -0.2) is 0 Å². The SMILES string of the molecule is Cc1cccc(N(C)C(=O)C=Cc2ccccc2[N+](=O)[O-])c1. The summed E-state index contributed by atoms with van der Waals surface area (Å²) < 4.78 is 0. The van der Waals surface area contributed by atoms with Crippen molar-refractivity contribution in [1.29, 1.82) is 0 Å². The molecule has 2 aromatic carbocycles. The van der Waals surface area contributed by atoms with Crippen LogP contribution in [0.15, 0.2) is 54.6 Å². The van der Waals surface area contributed by atoms with Crippen LogP contribution in [-0.2, 0) is 4.79 Å². The molecule has 0 atom stereocenters. The molecule has 0 spiro atoms. The Labute approximate surface area is 128 Å². The molecule has 0 bridgehead atoms. The number of benzene rings is 2. The monoisotopic (exact) mass is 296 g/mol. The lowest BCUT2D eigenvalue weighted by atomic mass is 10.1. The van der Waals surface area contributed by atoms with Crippen molar-refractivity contribution >= 4 is 23.4 Å². The smallest absolute Gasteiger partial charge is 0.276 e. The average molecular weight is 296 g/mol. The largest absolute Gasteiger partial charge is 0.312 e. The van der Waals surface area contributed by atoms with Gasteiger partial charge in [-0.1, -0.05) is 24.3 Å². The first kappa shape index (κ1) is 15.4. The second-order valence-corrected chi connectivity index (χ2v) is 4.89. The van der Waals surface area contributed by atoms with Crippen LogP contribution in [0.5, 0.6) is 0 Å². The molecule has 0 aliphatic carbocycles. The zero-order chi connectivity index (χ0) is 16.1. The van der Waals surface area contributed by atoms with Gasteiger partial charge in [0.05, 0.1) is 10.5 Å². The number of nitrogens with zero attached hydrogens (tertiary/aromatic N) is 2. The van der Waals surface area contributed by atoms with Crippen molar-refractivity contribution in [2.75, 3.05) is 11.9 Å². The summed E-state index contributed by atoms with van der Waals surface area (Å²) in [6, 6.07) is 13.9. The van der Waals surface area contributed by atoms with Gasteiger partial charge in [0, 0.05) is 24.9 Å². The van der Waals surface area contributed by atoms with Crippen molar-refractivity contribution in [2.24, 2.45) is 0 Å². The molecule has 0 aromatic heterocycles. The van der Waals surface area contributed by atoms with Crippen LogP contribution in [0.1, 0.15) is 11.1 Å². The number of likely N-dealkylation sites (N-methyl/N-ethyl adjacent to an activating group) is 1. The predicted molar refractivity (Wildman–Crippen MR) is 86.7 cm³/mol. The summed E-state index contributed by atoms with van der Waals surface area (Å²) in [6.07, 6.45) is 2.80.